The first-order valence-corrected chi connectivity index (χ1v) is 12.1. The summed E-state index contributed by atoms with van der Waals surface area (Å²) in [5, 5.41) is 4.77. The van der Waals surface area contributed by atoms with Crippen LogP contribution < -0.4 is 10.9 Å². The Morgan fingerprint density at radius 1 is 1.13 bits per heavy atom. The Kier molecular flexibility index (Phi) is 6.98. The van der Waals surface area contributed by atoms with Crippen molar-refractivity contribution >= 4 is 40.2 Å². The van der Waals surface area contributed by atoms with Crippen LogP contribution in [0.2, 0.25) is 5.02 Å². The van der Waals surface area contributed by atoms with Gasteiger partial charge < -0.3 is 5.32 Å². The molecule has 162 valence electrons. The van der Waals surface area contributed by atoms with Crippen LogP contribution in [0.15, 0.2) is 52.4 Å². The Bertz CT molecular complexity index is 1150. The third kappa shape index (κ3) is 4.96. The van der Waals surface area contributed by atoms with E-state index >= 15 is 0 Å². The predicted octanol–water partition coefficient (Wildman–Crippen LogP) is 5.28. The zero-order valence-corrected chi connectivity index (χ0v) is 19.1. The van der Waals surface area contributed by atoms with Crippen molar-refractivity contribution in [3.63, 3.8) is 0 Å². The molecule has 4 rings (SSSR count). The molecule has 0 radical (unpaired) electrons. The second kappa shape index (κ2) is 9.88. The number of aromatic nitrogens is 2. The number of para-hydroxylation sites is 1. The minimum atomic E-state index is -0.164. The van der Waals surface area contributed by atoms with E-state index < -0.39 is 0 Å². The summed E-state index contributed by atoms with van der Waals surface area (Å²) < 4.78 is 1.58. The highest BCUT2D eigenvalue weighted by atomic mass is 35.5. The molecule has 0 aliphatic heterocycles. The molecule has 0 saturated heterocycles. The van der Waals surface area contributed by atoms with E-state index in [1.165, 1.54) is 24.6 Å². The number of carbonyl (C=O) groups is 1. The number of rotatable bonds is 5. The lowest BCUT2D eigenvalue weighted by Crippen LogP contribution is -2.35. The first kappa shape index (κ1) is 21.9. The lowest BCUT2D eigenvalue weighted by atomic mass is 10.1. The molecular formula is C24H26ClN3O2S. The Hall–Kier alpha value is -2.31. The van der Waals surface area contributed by atoms with Gasteiger partial charge in [-0.1, -0.05) is 67.2 Å². The molecule has 1 heterocycles. The molecule has 7 heteroatoms. The van der Waals surface area contributed by atoms with Gasteiger partial charge in [-0.15, -0.1) is 0 Å². The quantitative estimate of drug-likeness (QED) is 0.323. The van der Waals surface area contributed by atoms with Crippen LogP contribution in [0.3, 0.4) is 0 Å². The number of hydrogen-bond acceptors (Lipinski definition) is 4. The van der Waals surface area contributed by atoms with Crippen molar-refractivity contribution in [1.82, 2.24) is 14.9 Å². The SMILES string of the molecule is Cc1c(Cl)cccc1-n1c(SCC(=O)NC2CCCCCC2)nc2ccccc2c1=O. The van der Waals surface area contributed by atoms with Crippen LogP contribution in [0.4, 0.5) is 0 Å². The zero-order chi connectivity index (χ0) is 21.8. The van der Waals surface area contributed by atoms with E-state index in [9.17, 15) is 9.59 Å². The fraction of sp³-hybridized carbons (Fsp3) is 0.375. The fourth-order valence-electron chi connectivity index (χ4n) is 4.08. The van der Waals surface area contributed by atoms with Gasteiger partial charge in [-0.25, -0.2) is 4.98 Å². The summed E-state index contributed by atoms with van der Waals surface area (Å²) in [6.45, 7) is 1.88. The standard InChI is InChI=1S/C24H26ClN3O2S/c1-16-19(25)12-8-14-21(16)28-23(30)18-11-6-7-13-20(18)27-24(28)31-15-22(29)26-17-9-4-2-3-5-10-17/h6-8,11-14,17H,2-5,9-10,15H2,1H3,(H,26,29). The van der Waals surface area contributed by atoms with Gasteiger partial charge in [0.2, 0.25) is 5.91 Å². The third-order valence-electron chi connectivity index (χ3n) is 5.78. The summed E-state index contributed by atoms with van der Waals surface area (Å²) in [4.78, 5) is 30.7. The van der Waals surface area contributed by atoms with Crippen LogP contribution in [0.5, 0.6) is 0 Å². The fourth-order valence-corrected chi connectivity index (χ4v) is 5.07. The van der Waals surface area contributed by atoms with Crippen molar-refractivity contribution in [3.8, 4) is 5.69 Å². The van der Waals surface area contributed by atoms with Crippen LogP contribution in [0.1, 0.15) is 44.1 Å². The zero-order valence-electron chi connectivity index (χ0n) is 17.6. The maximum atomic E-state index is 13.4. The topological polar surface area (TPSA) is 64.0 Å². The molecule has 1 saturated carbocycles. The van der Waals surface area contributed by atoms with Crippen LogP contribution >= 0.6 is 23.4 Å². The Morgan fingerprint density at radius 3 is 2.65 bits per heavy atom. The van der Waals surface area contributed by atoms with Crippen molar-refractivity contribution in [3.05, 3.63) is 63.4 Å². The molecule has 1 fully saturated rings. The van der Waals surface area contributed by atoms with Crippen molar-refractivity contribution < 1.29 is 4.79 Å². The molecule has 3 aromatic rings. The number of benzene rings is 2. The lowest BCUT2D eigenvalue weighted by Gasteiger charge is -2.17. The van der Waals surface area contributed by atoms with Crippen molar-refractivity contribution in [2.45, 2.75) is 56.6 Å². The Morgan fingerprint density at radius 2 is 1.87 bits per heavy atom. The van der Waals surface area contributed by atoms with Gasteiger partial charge >= 0.3 is 0 Å². The van der Waals surface area contributed by atoms with Gasteiger partial charge in [0.15, 0.2) is 5.16 Å². The molecule has 0 unspecified atom stereocenters. The van der Waals surface area contributed by atoms with Gasteiger partial charge in [-0.05, 0) is 49.6 Å². The number of nitrogens with zero attached hydrogens (tertiary/aromatic N) is 2. The monoisotopic (exact) mass is 455 g/mol. The lowest BCUT2D eigenvalue weighted by molar-refractivity contribution is -0.119. The summed E-state index contributed by atoms with van der Waals surface area (Å²) in [7, 11) is 0. The minimum absolute atomic E-state index is 0.0197. The number of carbonyl (C=O) groups excluding carboxylic acids is 1. The van der Waals surface area contributed by atoms with E-state index in [2.05, 4.69) is 5.32 Å². The van der Waals surface area contributed by atoms with E-state index in [4.69, 9.17) is 16.6 Å². The molecule has 0 bridgehead atoms. The van der Waals surface area contributed by atoms with Crippen molar-refractivity contribution in [1.29, 1.82) is 0 Å². The van der Waals surface area contributed by atoms with Gasteiger partial charge in [-0.3, -0.25) is 14.2 Å². The average Bonchev–Trinajstić information content (AvgIpc) is 3.03. The van der Waals surface area contributed by atoms with Crippen molar-refractivity contribution in [2.24, 2.45) is 0 Å². The van der Waals surface area contributed by atoms with E-state index in [0.29, 0.717) is 26.8 Å². The van der Waals surface area contributed by atoms with Crippen LogP contribution in [-0.4, -0.2) is 27.3 Å². The number of hydrogen-bond donors (Lipinski definition) is 1. The van der Waals surface area contributed by atoms with Crippen LogP contribution in [0.25, 0.3) is 16.6 Å². The van der Waals surface area contributed by atoms with Gasteiger partial charge in [0.05, 0.1) is 22.3 Å². The molecule has 31 heavy (non-hydrogen) atoms. The first-order valence-electron chi connectivity index (χ1n) is 10.7. The van der Waals surface area contributed by atoms with Crippen molar-refractivity contribution in [2.75, 3.05) is 5.75 Å². The largest absolute Gasteiger partial charge is 0.353 e. The molecule has 1 amide bonds. The van der Waals surface area contributed by atoms with Gasteiger partial charge in [0, 0.05) is 11.1 Å². The normalized spacial score (nSPS) is 15.0. The smallest absolute Gasteiger partial charge is 0.266 e. The van der Waals surface area contributed by atoms with E-state index in [0.717, 1.165) is 31.2 Å². The molecular weight excluding hydrogens is 430 g/mol. The Balaban J connectivity index is 1.65. The number of halogens is 1. The molecule has 5 nitrogen and oxygen atoms in total. The predicted molar refractivity (Wildman–Crippen MR) is 127 cm³/mol. The van der Waals surface area contributed by atoms with Gasteiger partial charge in [0.25, 0.3) is 5.56 Å². The molecule has 1 aliphatic carbocycles. The maximum absolute atomic E-state index is 13.4. The summed E-state index contributed by atoms with van der Waals surface area (Å²) in [5.74, 6) is 0.189. The molecule has 1 aromatic heterocycles. The van der Waals surface area contributed by atoms with Crippen LogP contribution in [0, 0.1) is 6.92 Å². The van der Waals surface area contributed by atoms with E-state index in [-0.39, 0.29) is 23.3 Å². The highest BCUT2D eigenvalue weighted by Crippen LogP contribution is 2.26. The van der Waals surface area contributed by atoms with Crippen LogP contribution in [-0.2, 0) is 4.79 Å². The van der Waals surface area contributed by atoms with Gasteiger partial charge in [-0.2, -0.15) is 0 Å². The number of thioether (sulfide) groups is 1. The second-order valence-electron chi connectivity index (χ2n) is 7.98. The summed E-state index contributed by atoms with van der Waals surface area (Å²) >= 11 is 7.61. The molecule has 2 aromatic carbocycles. The first-order chi connectivity index (χ1) is 15.0. The second-order valence-corrected chi connectivity index (χ2v) is 9.33. The molecule has 1 aliphatic rings. The highest BCUT2D eigenvalue weighted by molar-refractivity contribution is 7.99. The number of fused-ring (bicyclic) bond motifs is 1. The number of nitrogens with one attached hydrogen (secondary N) is 1. The average molecular weight is 456 g/mol. The van der Waals surface area contributed by atoms with E-state index in [1.54, 1.807) is 16.7 Å². The van der Waals surface area contributed by atoms with E-state index in [1.807, 2.05) is 37.3 Å². The molecule has 0 atom stereocenters. The highest BCUT2D eigenvalue weighted by Gasteiger charge is 2.19. The molecule has 0 spiro atoms. The molecule has 1 N–H and O–H groups in total. The summed E-state index contributed by atoms with van der Waals surface area (Å²) in [6.07, 6.45) is 6.89. The number of amides is 1. The summed E-state index contributed by atoms with van der Waals surface area (Å²) in [5.41, 5.74) is 1.94. The third-order valence-corrected chi connectivity index (χ3v) is 7.13. The minimum Gasteiger partial charge on any atom is -0.353 e. The summed E-state index contributed by atoms with van der Waals surface area (Å²) in [6, 6.07) is 13.0. The maximum Gasteiger partial charge on any atom is 0.266 e. The van der Waals surface area contributed by atoms with Gasteiger partial charge in [0.1, 0.15) is 0 Å². The Labute approximate surface area is 191 Å².